The van der Waals surface area contributed by atoms with Crippen LogP contribution >= 0.6 is 11.3 Å². The zero-order valence-electron chi connectivity index (χ0n) is 12.3. The molecule has 3 N–H and O–H groups in total. The van der Waals surface area contributed by atoms with E-state index in [9.17, 15) is 4.79 Å². The maximum Gasteiger partial charge on any atom is 0.263 e. The molecule has 0 aromatic carbocycles. The van der Waals surface area contributed by atoms with Crippen molar-refractivity contribution in [2.24, 2.45) is 0 Å². The molecule has 3 rings (SSSR count). The van der Waals surface area contributed by atoms with Crippen LogP contribution in [0.5, 0.6) is 0 Å². The minimum Gasteiger partial charge on any atom is -0.397 e. The molecule has 0 bridgehead atoms. The lowest BCUT2D eigenvalue weighted by atomic mass is 10.2. The van der Waals surface area contributed by atoms with Crippen molar-refractivity contribution in [3.05, 3.63) is 23.3 Å². The Hall–Kier alpha value is -1.66. The third kappa shape index (κ3) is 2.87. The minimum atomic E-state index is -0.0928. The molecule has 0 spiro atoms. The van der Waals surface area contributed by atoms with Crippen molar-refractivity contribution in [2.45, 2.75) is 31.8 Å². The number of likely N-dealkylation sites (N-methyl/N-ethyl adjacent to an activating group) is 1. The molecule has 1 amide bonds. The van der Waals surface area contributed by atoms with Gasteiger partial charge >= 0.3 is 0 Å². The van der Waals surface area contributed by atoms with E-state index in [2.05, 4.69) is 29.2 Å². The van der Waals surface area contributed by atoms with Crippen molar-refractivity contribution in [1.82, 2.24) is 15.2 Å². The maximum atomic E-state index is 12.3. The van der Waals surface area contributed by atoms with E-state index < -0.39 is 0 Å². The molecule has 1 fully saturated rings. The van der Waals surface area contributed by atoms with Gasteiger partial charge in [0.15, 0.2) is 0 Å². The zero-order chi connectivity index (χ0) is 15.0. The summed E-state index contributed by atoms with van der Waals surface area (Å²) >= 11 is 1.40. The highest BCUT2D eigenvalue weighted by molar-refractivity contribution is 7.21. The average Bonchev–Trinajstić information content (AvgIpc) is 3.29. The van der Waals surface area contributed by atoms with Gasteiger partial charge in [-0.25, -0.2) is 0 Å². The molecule has 112 valence electrons. The fourth-order valence-corrected chi connectivity index (χ4v) is 3.45. The fourth-order valence-electron chi connectivity index (χ4n) is 2.45. The predicted octanol–water partition coefficient (Wildman–Crippen LogP) is 2.09. The average molecular weight is 304 g/mol. The Morgan fingerprint density at radius 1 is 1.62 bits per heavy atom. The summed E-state index contributed by atoms with van der Waals surface area (Å²) in [6, 6.07) is 2.87. The standard InChI is InChI=1S/C15H20N4OS/c1-9(19(2)10-3-4-10)7-18-15(20)14-13(16)11-5-6-17-8-12(11)21-14/h5-6,8-10H,3-4,7,16H2,1-2H3,(H,18,20). The Balaban J connectivity index is 1.67. The van der Waals surface area contributed by atoms with Crippen LogP contribution in [0.25, 0.3) is 10.1 Å². The summed E-state index contributed by atoms with van der Waals surface area (Å²) in [7, 11) is 2.12. The van der Waals surface area contributed by atoms with Gasteiger partial charge in [-0.2, -0.15) is 0 Å². The number of amides is 1. The van der Waals surface area contributed by atoms with E-state index in [1.807, 2.05) is 6.07 Å². The summed E-state index contributed by atoms with van der Waals surface area (Å²) in [6.07, 6.45) is 5.98. The first-order chi connectivity index (χ1) is 10.1. The number of nitrogens with two attached hydrogens (primary N) is 1. The molecule has 1 atom stereocenters. The van der Waals surface area contributed by atoms with Crippen molar-refractivity contribution in [3.8, 4) is 0 Å². The van der Waals surface area contributed by atoms with Crippen molar-refractivity contribution >= 4 is 33.0 Å². The number of hydrogen-bond donors (Lipinski definition) is 2. The van der Waals surface area contributed by atoms with E-state index in [0.717, 1.165) is 10.1 Å². The topological polar surface area (TPSA) is 71.2 Å². The number of rotatable bonds is 5. The molecule has 2 aromatic heterocycles. The van der Waals surface area contributed by atoms with Crippen LogP contribution in [0.15, 0.2) is 18.5 Å². The van der Waals surface area contributed by atoms with Crippen molar-refractivity contribution < 1.29 is 4.79 Å². The van der Waals surface area contributed by atoms with Crippen molar-refractivity contribution in [2.75, 3.05) is 19.3 Å². The van der Waals surface area contributed by atoms with E-state index >= 15 is 0 Å². The van der Waals surface area contributed by atoms with Gasteiger partial charge < -0.3 is 11.1 Å². The number of aromatic nitrogens is 1. The number of pyridine rings is 1. The third-order valence-electron chi connectivity index (χ3n) is 4.11. The second-order valence-electron chi connectivity index (χ2n) is 5.67. The van der Waals surface area contributed by atoms with Crippen LogP contribution in [0.2, 0.25) is 0 Å². The summed E-state index contributed by atoms with van der Waals surface area (Å²) in [5, 5.41) is 3.90. The summed E-state index contributed by atoms with van der Waals surface area (Å²) in [5.41, 5.74) is 6.63. The lowest BCUT2D eigenvalue weighted by Crippen LogP contribution is -2.41. The molecule has 1 aliphatic rings. The summed E-state index contributed by atoms with van der Waals surface area (Å²) < 4.78 is 0.947. The van der Waals surface area contributed by atoms with Gasteiger partial charge in [-0.15, -0.1) is 11.3 Å². The molecule has 6 heteroatoms. The highest BCUT2D eigenvalue weighted by Gasteiger charge is 2.29. The Kier molecular flexibility index (Phi) is 3.82. The number of nitrogens with one attached hydrogen (secondary N) is 1. The van der Waals surface area contributed by atoms with Gasteiger partial charge in [0.05, 0.1) is 10.4 Å². The maximum absolute atomic E-state index is 12.3. The van der Waals surface area contributed by atoms with Crippen LogP contribution < -0.4 is 11.1 Å². The molecule has 1 saturated carbocycles. The van der Waals surface area contributed by atoms with Gasteiger partial charge in [0.25, 0.3) is 5.91 Å². The fraction of sp³-hybridized carbons (Fsp3) is 0.467. The molecule has 2 heterocycles. The Labute approximate surface area is 128 Å². The lowest BCUT2D eigenvalue weighted by molar-refractivity contribution is 0.0944. The molecule has 0 saturated heterocycles. The highest BCUT2D eigenvalue weighted by atomic mass is 32.1. The molecule has 0 aliphatic heterocycles. The van der Waals surface area contributed by atoms with Crippen LogP contribution in [0, 0.1) is 0 Å². The molecule has 1 aliphatic carbocycles. The van der Waals surface area contributed by atoms with Crippen LogP contribution in [0.1, 0.15) is 29.4 Å². The summed E-state index contributed by atoms with van der Waals surface area (Å²) in [4.78, 5) is 19.3. The van der Waals surface area contributed by atoms with Crippen molar-refractivity contribution in [1.29, 1.82) is 0 Å². The number of nitrogen functional groups attached to an aromatic ring is 1. The Morgan fingerprint density at radius 2 is 2.38 bits per heavy atom. The number of fused-ring (bicyclic) bond motifs is 1. The first-order valence-electron chi connectivity index (χ1n) is 7.20. The van der Waals surface area contributed by atoms with Crippen LogP contribution in [0.3, 0.4) is 0 Å². The monoisotopic (exact) mass is 304 g/mol. The van der Waals surface area contributed by atoms with Crippen molar-refractivity contribution in [3.63, 3.8) is 0 Å². The van der Waals surface area contributed by atoms with Gasteiger partial charge in [-0.05, 0) is 32.9 Å². The van der Waals surface area contributed by atoms with E-state index in [4.69, 9.17) is 5.73 Å². The SMILES string of the molecule is CC(CNC(=O)c1sc2cnccc2c1N)N(C)C1CC1. The van der Waals surface area contributed by atoms with E-state index in [1.165, 1.54) is 24.2 Å². The number of hydrogen-bond acceptors (Lipinski definition) is 5. The molecule has 2 aromatic rings. The number of nitrogens with zero attached hydrogens (tertiary/aromatic N) is 2. The van der Waals surface area contributed by atoms with E-state index in [0.29, 0.717) is 29.2 Å². The molecule has 1 unspecified atom stereocenters. The first kappa shape index (κ1) is 14.3. The lowest BCUT2D eigenvalue weighted by Gasteiger charge is -2.24. The first-order valence-corrected chi connectivity index (χ1v) is 8.01. The van der Waals surface area contributed by atoms with E-state index in [1.54, 1.807) is 12.4 Å². The van der Waals surface area contributed by atoms with Gasteiger partial charge in [0.2, 0.25) is 0 Å². The van der Waals surface area contributed by atoms with Gasteiger partial charge in [0, 0.05) is 36.4 Å². The van der Waals surface area contributed by atoms with Gasteiger partial charge in [-0.3, -0.25) is 14.7 Å². The number of carbonyl (C=O) groups is 1. The second-order valence-corrected chi connectivity index (χ2v) is 6.72. The van der Waals surface area contributed by atoms with Crippen LogP contribution in [-0.4, -0.2) is 41.5 Å². The normalized spacial score (nSPS) is 16.3. The number of anilines is 1. The quantitative estimate of drug-likeness (QED) is 0.887. The Morgan fingerprint density at radius 3 is 3.05 bits per heavy atom. The molecule has 5 nitrogen and oxygen atoms in total. The third-order valence-corrected chi connectivity index (χ3v) is 5.27. The largest absolute Gasteiger partial charge is 0.397 e. The zero-order valence-corrected chi connectivity index (χ0v) is 13.1. The number of carbonyl (C=O) groups excluding carboxylic acids is 1. The van der Waals surface area contributed by atoms with Crippen LogP contribution in [0.4, 0.5) is 5.69 Å². The minimum absolute atomic E-state index is 0.0928. The smallest absolute Gasteiger partial charge is 0.263 e. The van der Waals surface area contributed by atoms with Gasteiger partial charge in [0.1, 0.15) is 4.88 Å². The van der Waals surface area contributed by atoms with Crippen LogP contribution in [-0.2, 0) is 0 Å². The molecule has 0 radical (unpaired) electrons. The van der Waals surface area contributed by atoms with E-state index in [-0.39, 0.29) is 5.91 Å². The Bertz CT molecular complexity index is 665. The summed E-state index contributed by atoms with van der Waals surface area (Å²) in [6.45, 7) is 2.77. The number of thiophene rings is 1. The molecular formula is C15H20N4OS. The molecule has 21 heavy (non-hydrogen) atoms. The predicted molar refractivity (Wildman–Crippen MR) is 86.6 cm³/mol. The van der Waals surface area contributed by atoms with Gasteiger partial charge in [-0.1, -0.05) is 0 Å². The second kappa shape index (κ2) is 5.61. The highest BCUT2D eigenvalue weighted by Crippen LogP contribution is 2.32. The molecular weight excluding hydrogens is 284 g/mol. The summed E-state index contributed by atoms with van der Waals surface area (Å²) in [5.74, 6) is -0.0928.